The predicted octanol–water partition coefficient (Wildman–Crippen LogP) is 2.05. The number of hydrogen-bond acceptors (Lipinski definition) is 3. The van der Waals surface area contributed by atoms with Crippen LogP contribution in [0.15, 0.2) is 36.7 Å². The van der Waals surface area contributed by atoms with Crippen molar-refractivity contribution in [3.8, 4) is 0 Å². The monoisotopic (exact) mass is 228 g/mol. The second kappa shape index (κ2) is 4.67. The van der Waals surface area contributed by atoms with Crippen molar-refractivity contribution in [3.63, 3.8) is 0 Å². The fourth-order valence-electron chi connectivity index (χ4n) is 2.17. The molecule has 88 valence electrons. The SMILES string of the molecule is c1ccc(C(NCc2ncn[nH]2)C2CC2)cc1. The maximum absolute atomic E-state index is 4.13. The minimum Gasteiger partial charge on any atom is -0.303 e. The summed E-state index contributed by atoms with van der Waals surface area (Å²) in [6.45, 7) is 0.746. The molecular formula is C13H16N4. The Labute approximate surface area is 100 Å². The summed E-state index contributed by atoms with van der Waals surface area (Å²) in [7, 11) is 0. The first-order valence-corrected chi connectivity index (χ1v) is 6.06. The van der Waals surface area contributed by atoms with Gasteiger partial charge in [-0.1, -0.05) is 30.3 Å². The Hall–Kier alpha value is -1.68. The predicted molar refractivity (Wildman–Crippen MR) is 65.1 cm³/mol. The fraction of sp³-hybridized carbons (Fsp3) is 0.385. The zero-order valence-corrected chi connectivity index (χ0v) is 9.63. The lowest BCUT2D eigenvalue weighted by atomic mass is 10.0. The third-order valence-corrected chi connectivity index (χ3v) is 3.21. The van der Waals surface area contributed by atoms with Crippen LogP contribution in [-0.4, -0.2) is 15.2 Å². The molecule has 0 spiro atoms. The lowest BCUT2D eigenvalue weighted by Crippen LogP contribution is -2.23. The van der Waals surface area contributed by atoms with Crippen molar-refractivity contribution in [1.29, 1.82) is 0 Å². The molecule has 2 aromatic rings. The largest absolute Gasteiger partial charge is 0.303 e. The molecule has 1 atom stereocenters. The summed E-state index contributed by atoms with van der Waals surface area (Å²) < 4.78 is 0. The van der Waals surface area contributed by atoms with Gasteiger partial charge in [-0.3, -0.25) is 5.10 Å². The maximum Gasteiger partial charge on any atom is 0.138 e. The summed E-state index contributed by atoms with van der Waals surface area (Å²) >= 11 is 0. The smallest absolute Gasteiger partial charge is 0.138 e. The molecule has 1 heterocycles. The highest BCUT2D eigenvalue weighted by molar-refractivity contribution is 5.21. The van der Waals surface area contributed by atoms with Crippen molar-refractivity contribution in [1.82, 2.24) is 20.5 Å². The minimum atomic E-state index is 0.446. The van der Waals surface area contributed by atoms with Gasteiger partial charge in [-0.2, -0.15) is 5.10 Å². The van der Waals surface area contributed by atoms with E-state index in [1.165, 1.54) is 18.4 Å². The van der Waals surface area contributed by atoms with Crippen LogP contribution in [-0.2, 0) is 6.54 Å². The van der Waals surface area contributed by atoms with E-state index in [1.807, 2.05) is 0 Å². The van der Waals surface area contributed by atoms with E-state index in [-0.39, 0.29) is 0 Å². The number of nitrogens with zero attached hydrogens (tertiary/aromatic N) is 2. The quantitative estimate of drug-likeness (QED) is 0.823. The summed E-state index contributed by atoms with van der Waals surface area (Å²) in [6.07, 6.45) is 4.19. The molecule has 0 amide bonds. The molecule has 1 aliphatic carbocycles. The van der Waals surface area contributed by atoms with Crippen molar-refractivity contribution in [2.75, 3.05) is 0 Å². The van der Waals surface area contributed by atoms with E-state index >= 15 is 0 Å². The first kappa shape index (κ1) is 10.5. The second-order valence-corrected chi connectivity index (χ2v) is 4.54. The maximum atomic E-state index is 4.13. The lowest BCUT2D eigenvalue weighted by molar-refractivity contribution is 0.472. The third kappa shape index (κ3) is 2.53. The Morgan fingerprint density at radius 2 is 2.12 bits per heavy atom. The molecule has 1 fully saturated rings. The van der Waals surface area contributed by atoms with Crippen molar-refractivity contribution in [3.05, 3.63) is 48.0 Å². The highest BCUT2D eigenvalue weighted by atomic mass is 15.2. The lowest BCUT2D eigenvalue weighted by Gasteiger charge is -2.17. The van der Waals surface area contributed by atoms with Crippen molar-refractivity contribution in [2.45, 2.75) is 25.4 Å². The van der Waals surface area contributed by atoms with Gasteiger partial charge in [0.2, 0.25) is 0 Å². The molecule has 0 bridgehead atoms. The third-order valence-electron chi connectivity index (χ3n) is 3.21. The number of aromatic nitrogens is 3. The van der Waals surface area contributed by atoms with Crippen LogP contribution in [0, 0.1) is 5.92 Å². The van der Waals surface area contributed by atoms with Crippen LogP contribution >= 0.6 is 0 Å². The molecule has 2 N–H and O–H groups in total. The average molecular weight is 228 g/mol. The Morgan fingerprint density at radius 1 is 1.29 bits per heavy atom. The number of nitrogens with one attached hydrogen (secondary N) is 2. The van der Waals surface area contributed by atoms with Crippen LogP contribution in [0.5, 0.6) is 0 Å². The zero-order chi connectivity index (χ0) is 11.5. The molecule has 0 radical (unpaired) electrons. The van der Waals surface area contributed by atoms with Gasteiger partial charge < -0.3 is 5.32 Å². The number of rotatable bonds is 5. The number of H-pyrrole nitrogens is 1. The first-order valence-electron chi connectivity index (χ1n) is 6.06. The van der Waals surface area contributed by atoms with Gasteiger partial charge in [0.25, 0.3) is 0 Å². The molecule has 1 aromatic carbocycles. The van der Waals surface area contributed by atoms with Crippen LogP contribution in [0.25, 0.3) is 0 Å². The number of hydrogen-bond donors (Lipinski definition) is 2. The molecule has 17 heavy (non-hydrogen) atoms. The molecule has 1 aliphatic rings. The summed E-state index contributed by atoms with van der Waals surface area (Å²) in [4.78, 5) is 4.13. The number of aromatic amines is 1. The summed E-state index contributed by atoms with van der Waals surface area (Å²) in [5, 5.41) is 10.3. The van der Waals surface area contributed by atoms with Gasteiger partial charge in [-0.15, -0.1) is 0 Å². The van der Waals surface area contributed by atoms with Gasteiger partial charge in [0, 0.05) is 6.04 Å². The topological polar surface area (TPSA) is 53.6 Å². The average Bonchev–Trinajstić information content (AvgIpc) is 3.07. The van der Waals surface area contributed by atoms with Gasteiger partial charge in [-0.25, -0.2) is 4.98 Å². The molecule has 3 rings (SSSR count). The van der Waals surface area contributed by atoms with E-state index in [0.717, 1.165) is 18.3 Å². The number of benzene rings is 1. The van der Waals surface area contributed by atoms with Crippen molar-refractivity contribution < 1.29 is 0 Å². The highest BCUT2D eigenvalue weighted by Crippen LogP contribution is 2.40. The standard InChI is InChI=1S/C13H16N4/c1-2-4-10(5-3-1)13(11-6-7-11)14-8-12-15-9-16-17-12/h1-5,9,11,13-14H,6-8H2,(H,15,16,17). The molecular weight excluding hydrogens is 212 g/mol. The van der Waals surface area contributed by atoms with Gasteiger partial charge >= 0.3 is 0 Å². The first-order chi connectivity index (χ1) is 8.43. The van der Waals surface area contributed by atoms with Crippen molar-refractivity contribution >= 4 is 0 Å². The van der Waals surface area contributed by atoms with Crippen LogP contribution in [0.1, 0.15) is 30.3 Å². The molecule has 1 unspecified atom stereocenters. The minimum absolute atomic E-state index is 0.446. The highest BCUT2D eigenvalue weighted by Gasteiger charge is 2.31. The zero-order valence-electron chi connectivity index (χ0n) is 9.63. The van der Waals surface area contributed by atoms with Gasteiger partial charge in [0.15, 0.2) is 0 Å². The molecule has 4 heteroatoms. The molecule has 1 saturated carbocycles. The summed E-state index contributed by atoms with van der Waals surface area (Å²) in [5.41, 5.74) is 1.37. The normalized spacial score (nSPS) is 16.9. The van der Waals surface area contributed by atoms with Crippen LogP contribution < -0.4 is 5.32 Å². The summed E-state index contributed by atoms with van der Waals surface area (Å²) in [5.74, 6) is 1.67. The van der Waals surface area contributed by atoms with Crippen LogP contribution in [0.2, 0.25) is 0 Å². The van der Waals surface area contributed by atoms with E-state index < -0.39 is 0 Å². The second-order valence-electron chi connectivity index (χ2n) is 4.54. The van der Waals surface area contributed by atoms with E-state index in [0.29, 0.717) is 6.04 Å². The van der Waals surface area contributed by atoms with Gasteiger partial charge in [-0.05, 0) is 24.3 Å². The van der Waals surface area contributed by atoms with E-state index in [2.05, 4.69) is 50.8 Å². The Bertz CT molecular complexity index is 448. The van der Waals surface area contributed by atoms with E-state index in [9.17, 15) is 0 Å². The fourth-order valence-corrected chi connectivity index (χ4v) is 2.17. The van der Waals surface area contributed by atoms with Crippen molar-refractivity contribution in [2.24, 2.45) is 5.92 Å². The van der Waals surface area contributed by atoms with Gasteiger partial charge in [0.05, 0.1) is 6.54 Å². The molecule has 4 nitrogen and oxygen atoms in total. The van der Waals surface area contributed by atoms with E-state index in [4.69, 9.17) is 0 Å². The molecule has 1 aromatic heterocycles. The van der Waals surface area contributed by atoms with Gasteiger partial charge in [0.1, 0.15) is 12.2 Å². The Kier molecular flexibility index (Phi) is 2.88. The molecule has 0 saturated heterocycles. The van der Waals surface area contributed by atoms with Crippen LogP contribution in [0.4, 0.5) is 0 Å². The van der Waals surface area contributed by atoms with E-state index in [1.54, 1.807) is 6.33 Å². The molecule has 0 aliphatic heterocycles. The van der Waals surface area contributed by atoms with Crippen LogP contribution in [0.3, 0.4) is 0 Å². The Balaban J connectivity index is 1.68. The summed E-state index contributed by atoms with van der Waals surface area (Å²) in [6, 6.07) is 11.1. The Morgan fingerprint density at radius 3 is 2.76 bits per heavy atom.